The van der Waals surface area contributed by atoms with Gasteiger partial charge in [-0.3, -0.25) is 14.9 Å². The number of benzene rings is 1. The first kappa shape index (κ1) is 16.8. The molecule has 0 saturated carbocycles. The van der Waals surface area contributed by atoms with Crippen molar-refractivity contribution in [2.24, 2.45) is 5.92 Å². The number of piperidine rings is 1. The number of anilines is 2. The first-order valence-corrected chi connectivity index (χ1v) is 8.12. The average molecular weight is 341 g/mol. The Morgan fingerprint density at radius 3 is 2.84 bits per heavy atom. The Hall–Kier alpha value is -3.03. The minimum atomic E-state index is -0.444. The van der Waals surface area contributed by atoms with Crippen molar-refractivity contribution in [1.82, 2.24) is 9.97 Å². The molecule has 1 aromatic heterocycles. The fraction of sp³-hybridized carbons (Fsp3) is 0.353. The predicted octanol–water partition coefficient (Wildman–Crippen LogP) is 2.55. The number of aromatic nitrogens is 2. The van der Waals surface area contributed by atoms with Crippen LogP contribution in [-0.2, 0) is 4.79 Å². The van der Waals surface area contributed by atoms with E-state index in [4.69, 9.17) is 0 Å². The minimum Gasteiger partial charge on any atom is -0.340 e. The maximum Gasteiger partial charge on any atom is 0.274 e. The second-order valence-electron chi connectivity index (χ2n) is 6.08. The van der Waals surface area contributed by atoms with Crippen molar-refractivity contribution in [3.05, 3.63) is 52.3 Å². The largest absolute Gasteiger partial charge is 0.340 e. The molecule has 8 nitrogen and oxygen atoms in total. The lowest BCUT2D eigenvalue weighted by atomic mass is 9.97. The lowest BCUT2D eigenvalue weighted by Crippen LogP contribution is -2.41. The predicted molar refractivity (Wildman–Crippen MR) is 93.4 cm³/mol. The highest BCUT2D eigenvalue weighted by Gasteiger charge is 2.27. The molecule has 1 aromatic carbocycles. The Balaban J connectivity index is 1.69. The fourth-order valence-corrected chi connectivity index (χ4v) is 2.96. The number of nitro benzene ring substituents is 1. The third-order valence-corrected chi connectivity index (χ3v) is 4.30. The van der Waals surface area contributed by atoms with E-state index in [1.165, 1.54) is 6.07 Å². The van der Waals surface area contributed by atoms with Gasteiger partial charge in [-0.15, -0.1) is 0 Å². The molecule has 1 amide bonds. The van der Waals surface area contributed by atoms with Gasteiger partial charge in [0.2, 0.25) is 11.9 Å². The van der Waals surface area contributed by atoms with E-state index in [0.717, 1.165) is 19.4 Å². The van der Waals surface area contributed by atoms with Crippen LogP contribution in [0.2, 0.25) is 0 Å². The number of nitrogens with one attached hydrogen (secondary N) is 1. The summed E-state index contributed by atoms with van der Waals surface area (Å²) in [5.41, 5.74) is 1.00. The molecule has 0 bridgehead atoms. The molecule has 2 aromatic rings. The van der Waals surface area contributed by atoms with Crippen LogP contribution in [0.15, 0.2) is 36.7 Å². The van der Waals surface area contributed by atoms with Crippen LogP contribution in [-0.4, -0.2) is 33.9 Å². The second-order valence-corrected chi connectivity index (χ2v) is 6.08. The van der Waals surface area contributed by atoms with E-state index in [0.29, 0.717) is 23.7 Å². The number of hydrogen-bond donors (Lipinski definition) is 1. The maximum atomic E-state index is 12.6. The SMILES string of the molecule is Cc1ccc(NC(=O)C2CCCN(c3ncccn3)C2)cc1[N+](=O)[O-]. The number of amides is 1. The normalized spacial score (nSPS) is 17.2. The molecule has 3 rings (SSSR count). The van der Waals surface area contributed by atoms with E-state index in [2.05, 4.69) is 15.3 Å². The van der Waals surface area contributed by atoms with Crippen molar-refractivity contribution in [3.63, 3.8) is 0 Å². The summed E-state index contributed by atoms with van der Waals surface area (Å²) in [5, 5.41) is 13.8. The molecule has 1 unspecified atom stereocenters. The molecular weight excluding hydrogens is 322 g/mol. The summed E-state index contributed by atoms with van der Waals surface area (Å²) >= 11 is 0. The monoisotopic (exact) mass is 341 g/mol. The zero-order chi connectivity index (χ0) is 17.8. The maximum absolute atomic E-state index is 12.6. The Morgan fingerprint density at radius 2 is 2.12 bits per heavy atom. The minimum absolute atomic E-state index is 0.000700. The van der Waals surface area contributed by atoms with Gasteiger partial charge < -0.3 is 10.2 Å². The fourth-order valence-electron chi connectivity index (χ4n) is 2.96. The van der Waals surface area contributed by atoms with Crippen LogP contribution in [0.3, 0.4) is 0 Å². The molecule has 1 aliphatic heterocycles. The quantitative estimate of drug-likeness (QED) is 0.677. The average Bonchev–Trinajstić information content (AvgIpc) is 2.64. The highest BCUT2D eigenvalue weighted by Crippen LogP contribution is 2.25. The topological polar surface area (TPSA) is 101 Å². The molecule has 0 radical (unpaired) electrons. The molecule has 0 spiro atoms. The van der Waals surface area contributed by atoms with Crippen molar-refractivity contribution in [3.8, 4) is 0 Å². The first-order chi connectivity index (χ1) is 12.0. The molecule has 1 aliphatic rings. The third kappa shape index (κ3) is 3.90. The van der Waals surface area contributed by atoms with Gasteiger partial charge in [0, 0.05) is 42.8 Å². The first-order valence-electron chi connectivity index (χ1n) is 8.12. The summed E-state index contributed by atoms with van der Waals surface area (Å²) in [4.78, 5) is 33.6. The van der Waals surface area contributed by atoms with Gasteiger partial charge in [0.25, 0.3) is 5.69 Å². The molecule has 1 saturated heterocycles. The summed E-state index contributed by atoms with van der Waals surface area (Å²) in [6.07, 6.45) is 4.99. The van der Waals surface area contributed by atoms with Gasteiger partial charge in [0.15, 0.2) is 0 Å². The van der Waals surface area contributed by atoms with Crippen molar-refractivity contribution in [2.45, 2.75) is 19.8 Å². The van der Waals surface area contributed by atoms with E-state index < -0.39 is 4.92 Å². The molecular formula is C17H19N5O3. The van der Waals surface area contributed by atoms with Crippen molar-refractivity contribution in [1.29, 1.82) is 0 Å². The van der Waals surface area contributed by atoms with E-state index in [-0.39, 0.29) is 17.5 Å². The molecule has 1 fully saturated rings. The summed E-state index contributed by atoms with van der Waals surface area (Å²) in [6.45, 7) is 3.01. The van der Waals surface area contributed by atoms with Crippen LogP contribution in [0.25, 0.3) is 0 Å². The number of nitrogens with zero attached hydrogens (tertiary/aromatic N) is 4. The van der Waals surface area contributed by atoms with Crippen LogP contribution in [0, 0.1) is 23.0 Å². The zero-order valence-electron chi connectivity index (χ0n) is 13.9. The second kappa shape index (κ2) is 7.25. The van der Waals surface area contributed by atoms with E-state index in [9.17, 15) is 14.9 Å². The van der Waals surface area contributed by atoms with Crippen molar-refractivity contribution >= 4 is 23.2 Å². The van der Waals surface area contributed by atoms with E-state index in [1.807, 2.05) is 4.90 Å². The number of nitro groups is 1. The zero-order valence-corrected chi connectivity index (χ0v) is 13.9. The molecule has 8 heteroatoms. The van der Waals surface area contributed by atoms with Crippen LogP contribution < -0.4 is 10.2 Å². The van der Waals surface area contributed by atoms with Gasteiger partial charge in [0.05, 0.1) is 10.8 Å². The number of hydrogen-bond acceptors (Lipinski definition) is 6. The molecule has 1 N–H and O–H groups in total. The van der Waals surface area contributed by atoms with Gasteiger partial charge >= 0.3 is 0 Å². The van der Waals surface area contributed by atoms with Crippen molar-refractivity contribution in [2.75, 3.05) is 23.3 Å². The Kier molecular flexibility index (Phi) is 4.87. The summed E-state index contributed by atoms with van der Waals surface area (Å²) in [6, 6.07) is 6.47. The Morgan fingerprint density at radius 1 is 1.36 bits per heavy atom. The standard InChI is InChI=1S/C17H19N5O3/c1-12-5-6-14(10-15(12)22(24)25)20-16(23)13-4-2-9-21(11-13)17-18-7-3-8-19-17/h3,5-8,10,13H,2,4,9,11H2,1H3,(H,20,23). The van der Waals surface area contributed by atoms with Crippen molar-refractivity contribution < 1.29 is 9.72 Å². The van der Waals surface area contributed by atoms with Gasteiger partial charge in [-0.2, -0.15) is 0 Å². The van der Waals surface area contributed by atoms with Crippen LogP contribution in [0.5, 0.6) is 0 Å². The molecule has 1 atom stereocenters. The lowest BCUT2D eigenvalue weighted by Gasteiger charge is -2.31. The van der Waals surface area contributed by atoms with E-state index >= 15 is 0 Å². The van der Waals surface area contributed by atoms with Gasteiger partial charge in [-0.1, -0.05) is 6.07 Å². The highest BCUT2D eigenvalue weighted by atomic mass is 16.6. The van der Waals surface area contributed by atoms with Crippen LogP contribution in [0.1, 0.15) is 18.4 Å². The number of rotatable bonds is 4. The Labute approximate surface area is 145 Å². The summed E-state index contributed by atoms with van der Waals surface area (Å²) in [7, 11) is 0. The highest BCUT2D eigenvalue weighted by molar-refractivity contribution is 5.93. The number of carbonyl (C=O) groups excluding carboxylic acids is 1. The van der Waals surface area contributed by atoms with Gasteiger partial charge in [0.1, 0.15) is 0 Å². The van der Waals surface area contributed by atoms with Crippen LogP contribution >= 0.6 is 0 Å². The molecule has 2 heterocycles. The number of aryl methyl sites for hydroxylation is 1. The van der Waals surface area contributed by atoms with Gasteiger partial charge in [-0.05, 0) is 31.9 Å². The Bertz CT molecular complexity index is 781. The molecule has 25 heavy (non-hydrogen) atoms. The third-order valence-electron chi connectivity index (χ3n) is 4.30. The van der Waals surface area contributed by atoms with E-state index in [1.54, 1.807) is 37.5 Å². The molecule has 0 aliphatic carbocycles. The summed E-state index contributed by atoms with van der Waals surface area (Å²) < 4.78 is 0. The van der Waals surface area contributed by atoms with Crippen LogP contribution in [0.4, 0.5) is 17.3 Å². The van der Waals surface area contributed by atoms with Gasteiger partial charge in [-0.25, -0.2) is 9.97 Å². The lowest BCUT2D eigenvalue weighted by molar-refractivity contribution is -0.385. The summed E-state index contributed by atoms with van der Waals surface area (Å²) in [5.74, 6) is 0.266. The number of carbonyl (C=O) groups is 1. The molecule has 130 valence electrons. The smallest absolute Gasteiger partial charge is 0.274 e.